The third-order valence-electron chi connectivity index (χ3n) is 2.92. The zero-order valence-electron chi connectivity index (χ0n) is 9.73. The van der Waals surface area contributed by atoms with E-state index in [1.54, 1.807) is 0 Å². The smallest absolute Gasteiger partial charge is 0.326 e. The fourth-order valence-electron chi connectivity index (χ4n) is 1.69. The Morgan fingerprint density at radius 2 is 1.94 bits per heavy atom. The first-order valence-corrected chi connectivity index (χ1v) is 6.63. The summed E-state index contributed by atoms with van der Waals surface area (Å²) in [6, 6.07) is 6.57. The van der Waals surface area contributed by atoms with Crippen LogP contribution in [0.2, 0.25) is 0 Å². The molecule has 0 spiro atoms. The number of carboxylic acids is 1. The fourth-order valence-corrected chi connectivity index (χ4v) is 1.96. The molecule has 96 valence electrons. The highest BCUT2D eigenvalue weighted by molar-refractivity contribution is 9.10. The highest BCUT2D eigenvalue weighted by Gasteiger charge is 2.32. The number of benzene rings is 1. The number of carbonyl (C=O) groups excluding carboxylic acids is 1. The van der Waals surface area contributed by atoms with Gasteiger partial charge in [0.1, 0.15) is 6.04 Å². The Morgan fingerprint density at radius 3 is 2.44 bits per heavy atom. The third kappa shape index (κ3) is 3.57. The second-order valence-corrected chi connectivity index (χ2v) is 5.42. The first-order chi connectivity index (χ1) is 8.56. The number of hydrogen-bond acceptors (Lipinski definition) is 2. The van der Waals surface area contributed by atoms with E-state index in [9.17, 15) is 9.59 Å². The van der Waals surface area contributed by atoms with Crippen LogP contribution < -0.4 is 5.32 Å². The van der Waals surface area contributed by atoms with Crippen LogP contribution in [0.15, 0.2) is 28.7 Å². The molecule has 18 heavy (non-hydrogen) atoms. The zero-order chi connectivity index (χ0) is 13.1. The predicted octanol–water partition coefficient (Wildman–Crippen LogP) is 1.97. The van der Waals surface area contributed by atoms with Gasteiger partial charge < -0.3 is 10.4 Å². The van der Waals surface area contributed by atoms with Crippen molar-refractivity contribution >= 4 is 27.8 Å². The molecule has 2 N–H and O–H groups in total. The van der Waals surface area contributed by atoms with Crippen molar-refractivity contribution in [1.82, 2.24) is 5.32 Å². The Bertz CT molecular complexity index is 454. The quantitative estimate of drug-likeness (QED) is 0.873. The van der Waals surface area contributed by atoms with Gasteiger partial charge in [-0.25, -0.2) is 4.79 Å². The summed E-state index contributed by atoms with van der Waals surface area (Å²) in [6.45, 7) is 0. The lowest BCUT2D eigenvalue weighted by molar-refractivity contribution is -0.142. The number of aliphatic carboxylic acids is 1. The van der Waals surface area contributed by atoms with E-state index in [1.807, 2.05) is 24.3 Å². The number of nitrogens with one attached hydrogen (secondary N) is 1. The molecule has 4 nitrogen and oxygen atoms in total. The van der Waals surface area contributed by atoms with Gasteiger partial charge in [-0.15, -0.1) is 0 Å². The molecule has 1 aliphatic rings. The molecule has 0 radical (unpaired) electrons. The molecule has 0 aromatic heterocycles. The number of carbonyl (C=O) groups is 2. The van der Waals surface area contributed by atoms with Gasteiger partial charge in [0.15, 0.2) is 0 Å². The maximum Gasteiger partial charge on any atom is 0.326 e. The van der Waals surface area contributed by atoms with Gasteiger partial charge in [-0.2, -0.15) is 0 Å². The number of carboxylic acid groups (broad SMARTS) is 1. The van der Waals surface area contributed by atoms with Crippen molar-refractivity contribution < 1.29 is 14.7 Å². The van der Waals surface area contributed by atoms with E-state index in [-0.39, 0.29) is 11.8 Å². The van der Waals surface area contributed by atoms with Crippen molar-refractivity contribution in [3.63, 3.8) is 0 Å². The highest BCUT2D eigenvalue weighted by atomic mass is 79.9. The first-order valence-electron chi connectivity index (χ1n) is 5.84. The van der Waals surface area contributed by atoms with Crippen LogP contribution in [0.1, 0.15) is 18.4 Å². The summed E-state index contributed by atoms with van der Waals surface area (Å²) < 4.78 is 0.945. The van der Waals surface area contributed by atoms with Crippen LogP contribution in [0.3, 0.4) is 0 Å². The number of hydrogen-bond donors (Lipinski definition) is 2. The second kappa shape index (κ2) is 5.52. The van der Waals surface area contributed by atoms with Crippen molar-refractivity contribution in [2.45, 2.75) is 25.3 Å². The van der Waals surface area contributed by atoms with Crippen LogP contribution in [-0.2, 0) is 16.0 Å². The lowest BCUT2D eigenvalue weighted by atomic mass is 10.1. The van der Waals surface area contributed by atoms with Gasteiger partial charge in [0.05, 0.1) is 0 Å². The van der Waals surface area contributed by atoms with Gasteiger partial charge in [0.2, 0.25) is 5.91 Å². The summed E-state index contributed by atoms with van der Waals surface area (Å²) in [5.41, 5.74) is 0.890. The highest BCUT2D eigenvalue weighted by Crippen LogP contribution is 2.29. The molecule has 1 aliphatic carbocycles. The minimum atomic E-state index is -0.994. The zero-order valence-corrected chi connectivity index (χ0v) is 11.3. The van der Waals surface area contributed by atoms with Gasteiger partial charge in [-0.1, -0.05) is 28.1 Å². The molecule has 2 rings (SSSR count). The third-order valence-corrected chi connectivity index (χ3v) is 3.44. The summed E-state index contributed by atoms with van der Waals surface area (Å²) in [5, 5.41) is 11.7. The molecule has 1 aromatic rings. The maximum absolute atomic E-state index is 11.6. The average Bonchev–Trinajstić information content (AvgIpc) is 3.14. The molecule has 0 aliphatic heterocycles. The topological polar surface area (TPSA) is 66.4 Å². The van der Waals surface area contributed by atoms with Gasteiger partial charge in [-0.05, 0) is 30.5 Å². The van der Waals surface area contributed by atoms with E-state index in [4.69, 9.17) is 5.11 Å². The lowest BCUT2D eigenvalue weighted by Crippen LogP contribution is -2.43. The largest absolute Gasteiger partial charge is 0.480 e. The van der Waals surface area contributed by atoms with E-state index in [0.717, 1.165) is 22.9 Å². The van der Waals surface area contributed by atoms with E-state index in [2.05, 4.69) is 21.2 Å². The standard InChI is InChI=1S/C13H14BrNO3/c14-10-5-1-8(2-6-10)7-11(13(17)18)15-12(16)9-3-4-9/h1-2,5-6,9,11H,3-4,7H2,(H,15,16)(H,17,18)/t11-/m0/s1. The minimum absolute atomic E-state index is 0.0248. The summed E-state index contributed by atoms with van der Waals surface area (Å²) in [6.07, 6.45) is 2.05. The molecule has 0 bridgehead atoms. The molecule has 0 unspecified atom stereocenters. The number of rotatable bonds is 5. The summed E-state index contributed by atoms with van der Waals surface area (Å²) in [4.78, 5) is 22.7. The van der Waals surface area contributed by atoms with Crippen LogP contribution in [-0.4, -0.2) is 23.0 Å². The summed E-state index contributed by atoms with van der Waals surface area (Å²) in [5.74, 6) is -1.11. The summed E-state index contributed by atoms with van der Waals surface area (Å²) in [7, 11) is 0. The normalized spacial score (nSPS) is 16.1. The van der Waals surface area contributed by atoms with Gasteiger partial charge in [0, 0.05) is 16.8 Å². The Morgan fingerprint density at radius 1 is 1.33 bits per heavy atom. The van der Waals surface area contributed by atoms with E-state index in [1.165, 1.54) is 0 Å². The molecule has 1 fully saturated rings. The molecule has 5 heteroatoms. The Kier molecular flexibility index (Phi) is 4.01. The lowest BCUT2D eigenvalue weighted by Gasteiger charge is -2.14. The molecule has 0 heterocycles. The van der Waals surface area contributed by atoms with Gasteiger partial charge in [0.25, 0.3) is 0 Å². The molecule has 1 amide bonds. The Balaban J connectivity index is 1.99. The van der Waals surface area contributed by atoms with Crippen molar-refractivity contribution in [3.8, 4) is 0 Å². The first kappa shape index (κ1) is 13.1. The average molecular weight is 312 g/mol. The van der Waals surface area contributed by atoms with Gasteiger partial charge >= 0.3 is 5.97 Å². The van der Waals surface area contributed by atoms with Crippen LogP contribution in [0.25, 0.3) is 0 Å². The number of amides is 1. The van der Waals surface area contributed by atoms with Crippen molar-refractivity contribution in [1.29, 1.82) is 0 Å². The second-order valence-electron chi connectivity index (χ2n) is 4.50. The molecule has 1 aromatic carbocycles. The predicted molar refractivity (Wildman–Crippen MR) is 70.1 cm³/mol. The molecular weight excluding hydrogens is 298 g/mol. The summed E-state index contributed by atoms with van der Waals surface area (Å²) >= 11 is 3.32. The van der Waals surface area contributed by atoms with Crippen LogP contribution in [0, 0.1) is 5.92 Å². The van der Waals surface area contributed by atoms with Crippen molar-refractivity contribution in [3.05, 3.63) is 34.3 Å². The SMILES string of the molecule is O=C(N[C@@H](Cc1ccc(Br)cc1)C(=O)O)C1CC1. The molecule has 1 atom stereocenters. The van der Waals surface area contributed by atoms with Gasteiger partial charge in [-0.3, -0.25) is 4.79 Å². The van der Waals surface area contributed by atoms with Crippen molar-refractivity contribution in [2.24, 2.45) is 5.92 Å². The molecule has 1 saturated carbocycles. The van der Waals surface area contributed by atoms with E-state index in [0.29, 0.717) is 6.42 Å². The monoisotopic (exact) mass is 311 g/mol. The van der Waals surface area contributed by atoms with Crippen LogP contribution in [0.5, 0.6) is 0 Å². The molecular formula is C13H14BrNO3. The molecule has 0 saturated heterocycles. The van der Waals surface area contributed by atoms with Crippen molar-refractivity contribution in [2.75, 3.05) is 0 Å². The van der Waals surface area contributed by atoms with Crippen LogP contribution >= 0.6 is 15.9 Å². The number of halogens is 1. The maximum atomic E-state index is 11.6. The van der Waals surface area contributed by atoms with E-state index < -0.39 is 12.0 Å². The fraction of sp³-hybridized carbons (Fsp3) is 0.385. The van der Waals surface area contributed by atoms with Crippen LogP contribution in [0.4, 0.5) is 0 Å². The Hall–Kier alpha value is -1.36. The Labute approximate surface area is 114 Å². The minimum Gasteiger partial charge on any atom is -0.480 e. The van der Waals surface area contributed by atoms with E-state index >= 15 is 0 Å².